The van der Waals surface area contributed by atoms with E-state index in [0.29, 0.717) is 0 Å². The van der Waals surface area contributed by atoms with Crippen molar-refractivity contribution in [3.05, 3.63) is 70.8 Å². The molecular formula is C22H20N2O2. The van der Waals surface area contributed by atoms with Crippen LogP contribution < -0.4 is 0 Å². The van der Waals surface area contributed by atoms with Crippen LogP contribution in [0.3, 0.4) is 0 Å². The van der Waals surface area contributed by atoms with E-state index in [1.807, 2.05) is 0 Å². The highest BCUT2D eigenvalue weighted by atomic mass is 16.5. The van der Waals surface area contributed by atoms with Crippen molar-refractivity contribution in [2.24, 2.45) is 15.9 Å². The molecular weight excluding hydrogens is 324 g/mol. The van der Waals surface area contributed by atoms with Crippen molar-refractivity contribution in [1.29, 1.82) is 0 Å². The molecule has 2 aliphatic heterocycles. The number of fused-ring (bicyclic) bond motifs is 6. The standard InChI is InChI=1S/C22H20N2O2/c1-12(21-23-19-15-8-4-2-6-13(15)10-17(19)25-21)22-24-20-16-9-5-3-7-14(16)11-18(20)26-22/h2-9,12,17-20H,10-11H2,1H3/t17-,18-,19+,20+/m1/s1. The highest BCUT2D eigenvalue weighted by Gasteiger charge is 2.45. The van der Waals surface area contributed by atoms with E-state index in [1.54, 1.807) is 0 Å². The van der Waals surface area contributed by atoms with Gasteiger partial charge in [0.1, 0.15) is 30.2 Å². The molecule has 4 heteroatoms. The molecule has 0 fully saturated rings. The summed E-state index contributed by atoms with van der Waals surface area (Å²) in [4.78, 5) is 9.82. The molecule has 4 aliphatic rings. The van der Waals surface area contributed by atoms with E-state index in [2.05, 4.69) is 55.5 Å². The molecule has 4 nitrogen and oxygen atoms in total. The maximum atomic E-state index is 6.22. The Morgan fingerprint density at radius 2 is 1.23 bits per heavy atom. The van der Waals surface area contributed by atoms with E-state index in [-0.39, 0.29) is 30.2 Å². The van der Waals surface area contributed by atoms with Gasteiger partial charge in [-0.25, -0.2) is 9.98 Å². The fraction of sp³-hybridized carbons (Fsp3) is 0.364. The minimum absolute atomic E-state index is 0.0227. The average molecular weight is 344 g/mol. The first-order chi connectivity index (χ1) is 12.8. The molecule has 2 aliphatic carbocycles. The van der Waals surface area contributed by atoms with Gasteiger partial charge < -0.3 is 9.47 Å². The Hall–Kier alpha value is -2.62. The van der Waals surface area contributed by atoms with Gasteiger partial charge in [0.05, 0.1) is 0 Å². The van der Waals surface area contributed by atoms with Gasteiger partial charge in [-0.3, -0.25) is 0 Å². The molecule has 2 aromatic carbocycles. The summed E-state index contributed by atoms with van der Waals surface area (Å²) in [5.74, 6) is 1.54. The molecule has 0 bridgehead atoms. The van der Waals surface area contributed by atoms with Crippen molar-refractivity contribution < 1.29 is 9.47 Å². The summed E-state index contributed by atoms with van der Waals surface area (Å²) >= 11 is 0. The van der Waals surface area contributed by atoms with E-state index in [0.717, 1.165) is 24.6 Å². The summed E-state index contributed by atoms with van der Waals surface area (Å²) in [7, 11) is 0. The zero-order valence-corrected chi connectivity index (χ0v) is 14.6. The summed E-state index contributed by atoms with van der Waals surface area (Å²) < 4.78 is 12.4. The Balaban J connectivity index is 1.28. The molecule has 4 atom stereocenters. The molecule has 0 saturated heterocycles. The van der Waals surface area contributed by atoms with Crippen molar-refractivity contribution in [3.63, 3.8) is 0 Å². The van der Waals surface area contributed by atoms with E-state index < -0.39 is 0 Å². The zero-order chi connectivity index (χ0) is 17.3. The Morgan fingerprint density at radius 3 is 1.73 bits per heavy atom. The molecule has 0 N–H and O–H groups in total. The first-order valence-corrected chi connectivity index (χ1v) is 9.42. The molecule has 0 radical (unpaired) electrons. The van der Waals surface area contributed by atoms with Crippen molar-refractivity contribution in [2.45, 2.75) is 44.1 Å². The van der Waals surface area contributed by atoms with Crippen LogP contribution in [0.25, 0.3) is 0 Å². The topological polar surface area (TPSA) is 43.2 Å². The largest absolute Gasteiger partial charge is 0.474 e. The molecule has 2 aromatic rings. The van der Waals surface area contributed by atoms with E-state index in [9.17, 15) is 0 Å². The summed E-state index contributed by atoms with van der Waals surface area (Å²) in [6, 6.07) is 17.3. The van der Waals surface area contributed by atoms with Crippen LogP contribution in [0.15, 0.2) is 58.5 Å². The molecule has 2 heterocycles. The van der Waals surface area contributed by atoms with E-state index in [1.165, 1.54) is 22.3 Å². The second kappa shape index (κ2) is 5.19. The van der Waals surface area contributed by atoms with Crippen molar-refractivity contribution in [2.75, 3.05) is 0 Å². The maximum absolute atomic E-state index is 6.22. The van der Waals surface area contributed by atoms with E-state index in [4.69, 9.17) is 19.5 Å². The summed E-state index contributed by atoms with van der Waals surface area (Å²) in [5, 5.41) is 0. The fourth-order valence-electron chi connectivity index (χ4n) is 4.77. The van der Waals surface area contributed by atoms with Crippen LogP contribution in [-0.4, -0.2) is 24.0 Å². The number of nitrogens with zero attached hydrogens (tertiary/aromatic N) is 2. The van der Waals surface area contributed by atoms with Crippen LogP contribution in [0.2, 0.25) is 0 Å². The Labute approximate surface area is 152 Å². The smallest absolute Gasteiger partial charge is 0.196 e. The molecule has 0 unspecified atom stereocenters. The average Bonchev–Trinajstić information content (AvgIpc) is 3.38. The monoisotopic (exact) mass is 344 g/mol. The van der Waals surface area contributed by atoms with E-state index >= 15 is 0 Å². The van der Waals surface area contributed by atoms with Gasteiger partial charge in [-0.05, 0) is 29.2 Å². The quantitative estimate of drug-likeness (QED) is 0.831. The lowest BCUT2D eigenvalue weighted by Gasteiger charge is -2.15. The molecule has 6 rings (SSSR count). The normalized spacial score (nSPS) is 30.1. The van der Waals surface area contributed by atoms with Crippen LogP contribution in [0.1, 0.15) is 41.3 Å². The van der Waals surface area contributed by atoms with Crippen LogP contribution >= 0.6 is 0 Å². The number of hydrogen-bond acceptors (Lipinski definition) is 4. The highest BCUT2D eigenvalue weighted by molar-refractivity contribution is 6.01. The minimum atomic E-state index is -0.0227. The van der Waals surface area contributed by atoms with Gasteiger partial charge in [0, 0.05) is 12.8 Å². The van der Waals surface area contributed by atoms with Crippen molar-refractivity contribution in [1.82, 2.24) is 0 Å². The van der Waals surface area contributed by atoms with Crippen LogP contribution in [-0.2, 0) is 22.3 Å². The highest BCUT2D eigenvalue weighted by Crippen LogP contribution is 2.43. The van der Waals surface area contributed by atoms with Crippen LogP contribution in [0.4, 0.5) is 0 Å². The second-order valence-electron chi connectivity index (χ2n) is 7.66. The van der Waals surface area contributed by atoms with Crippen molar-refractivity contribution in [3.8, 4) is 0 Å². The van der Waals surface area contributed by atoms with Crippen molar-refractivity contribution >= 4 is 11.8 Å². The Bertz CT molecular complexity index is 887. The van der Waals surface area contributed by atoms with Gasteiger partial charge >= 0.3 is 0 Å². The number of rotatable bonds is 2. The fourth-order valence-corrected chi connectivity index (χ4v) is 4.77. The number of aliphatic imine (C=N–C) groups is 2. The first-order valence-electron chi connectivity index (χ1n) is 9.42. The number of benzene rings is 2. The second-order valence-corrected chi connectivity index (χ2v) is 7.66. The van der Waals surface area contributed by atoms with Gasteiger partial charge in [0.25, 0.3) is 0 Å². The number of hydrogen-bond donors (Lipinski definition) is 0. The number of ether oxygens (including phenoxy) is 2. The minimum Gasteiger partial charge on any atom is -0.474 e. The zero-order valence-electron chi connectivity index (χ0n) is 14.6. The van der Waals surface area contributed by atoms with Gasteiger partial charge in [-0.2, -0.15) is 0 Å². The third-order valence-electron chi connectivity index (χ3n) is 6.11. The SMILES string of the molecule is CC(C1=N[C@H]2c3ccccc3C[C@H]2O1)C1=N[C@H]2c3ccccc3C[C@H]2O1. The predicted octanol–water partition coefficient (Wildman–Crippen LogP) is 3.81. The molecule has 0 aromatic heterocycles. The third kappa shape index (κ3) is 1.96. The Kier molecular flexibility index (Phi) is 2.90. The van der Waals surface area contributed by atoms with Gasteiger partial charge in [0.2, 0.25) is 0 Å². The lowest BCUT2D eigenvalue weighted by Crippen LogP contribution is -2.26. The predicted molar refractivity (Wildman–Crippen MR) is 99.6 cm³/mol. The molecule has 26 heavy (non-hydrogen) atoms. The lowest BCUT2D eigenvalue weighted by molar-refractivity contribution is 0.184. The molecule has 130 valence electrons. The Morgan fingerprint density at radius 1 is 0.769 bits per heavy atom. The van der Waals surface area contributed by atoms with Crippen LogP contribution in [0, 0.1) is 5.92 Å². The maximum Gasteiger partial charge on any atom is 0.196 e. The summed E-state index contributed by atoms with van der Waals surface area (Å²) in [6.07, 6.45) is 2.14. The third-order valence-corrected chi connectivity index (χ3v) is 6.11. The lowest BCUT2D eigenvalue weighted by atomic mass is 10.1. The van der Waals surface area contributed by atoms with Gasteiger partial charge in [-0.15, -0.1) is 0 Å². The molecule has 0 saturated carbocycles. The molecule has 0 amide bonds. The van der Waals surface area contributed by atoms with Crippen LogP contribution in [0.5, 0.6) is 0 Å². The summed E-state index contributed by atoms with van der Waals surface area (Å²) in [6.45, 7) is 2.09. The first kappa shape index (κ1) is 14.5. The van der Waals surface area contributed by atoms with Gasteiger partial charge in [-0.1, -0.05) is 48.5 Å². The molecule has 0 spiro atoms. The summed E-state index contributed by atoms with van der Waals surface area (Å²) in [5.41, 5.74) is 5.33. The van der Waals surface area contributed by atoms with Gasteiger partial charge in [0.15, 0.2) is 11.8 Å².